The van der Waals surface area contributed by atoms with Gasteiger partial charge in [-0.1, -0.05) is 60.7 Å². The number of likely N-dealkylation sites (N-methyl/N-ethyl adjacent to an activating group) is 1. The summed E-state index contributed by atoms with van der Waals surface area (Å²) in [6.07, 6.45) is -2.65. The fraction of sp³-hybridized carbons (Fsp3) is 0.300. The number of hydrogen-bond acceptors (Lipinski definition) is 4. The zero-order valence-corrected chi connectivity index (χ0v) is 14.9. The van der Waals surface area contributed by atoms with Crippen LogP contribution in [0, 0.1) is 0 Å². The summed E-state index contributed by atoms with van der Waals surface area (Å²) in [5.74, 6) is -1.70. The van der Waals surface area contributed by atoms with Crippen molar-refractivity contribution in [1.82, 2.24) is 4.90 Å². The molecule has 2 aromatic rings. The van der Waals surface area contributed by atoms with Gasteiger partial charge in [0, 0.05) is 14.1 Å². The summed E-state index contributed by atoms with van der Waals surface area (Å²) >= 11 is 0. The molecule has 2 rings (SSSR count). The Labute approximate surface area is 153 Å². The van der Waals surface area contributed by atoms with E-state index >= 15 is 0 Å². The number of rotatable bonds is 9. The molecular weight excluding hydrogens is 334 g/mol. The van der Waals surface area contributed by atoms with E-state index < -0.39 is 24.1 Å². The monoisotopic (exact) mass is 357 g/mol. The predicted molar refractivity (Wildman–Crippen MR) is 96.4 cm³/mol. The van der Waals surface area contributed by atoms with Crippen molar-refractivity contribution in [2.75, 3.05) is 14.1 Å². The fourth-order valence-corrected chi connectivity index (χ4v) is 2.35. The second kappa shape index (κ2) is 9.70. The number of aliphatic carboxylic acids is 1. The molecular formula is C20H23NO5. The molecule has 0 radical (unpaired) electrons. The Balaban J connectivity index is 2.12. The second-order valence-corrected chi connectivity index (χ2v) is 6.01. The van der Waals surface area contributed by atoms with E-state index in [0.717, 1.165) is 11.1 Å². The van der Waals surface area contributed by atoms with E-state index in [-0.39, 0.29) is 13.2 Å². The summed E-state index contributed by atoms with van der Waals surface area (Å²) in [4.78, 5) is 25.5. The normalized spacial score (nSPS) is 13.0. The van der Waals surface area contributed by atoms with Crippen LogP contribution in [0.2, 0.25) is 0 Å². The molecule has 0 spiro atoms. The number of nitrogens with zero attached hydrogens (tertiary/aromatic N) is 1. The Hall–Kier alpha value is -2.70. The predicted octanol–water partition coefficient (Wildman–Crippen LogP) is 2.33. The highest BCUT2D eigenvalue weighted by atomic mass is 16.6. The number of amides is 1. The molecule has 0 fully saturated rings. The molecule has 26 heavy (non-hydrogen) atoms. The van der Waals surface area contributed by atoms with Crippen LogP contribution in [0.15, 0.2) is 60.7 Å². The quantitative estimate of drug-likeness (QED) is 0.745. The van der Waals surface area contributed by atoms with Crippen LogP contribution < -0.4 is 0 Å². The SMILES string of the molecule is CN(C)C(=O)C(OCc1ccccc1)C(OCc1ccccc1)C(=O)O. The molecule has 1 amide bonds. The van der Waals surface area contributed by atoms with E-state index in [1.165, 1.54) is 4.90 Å². The molecule has 2 aromatic carbocycles. The average Bonchev–Trinajstić information content (AvgIpc) is 2.65. The number of hydrogen-bond donors (Lipinski definition) is 1. The summed E-state index contributed by atoms with van der Waals surface area (Å²) in [7, 11) is 3.11. The van der Waals surface area contributed by atoms with Crippen molar-refractivity contribution >= 4 is 11.9 Å². The van der Waals surface area contributed by atoms with E-state index in [0.29, 0.717) is 0 Å². The molecule has 0 aliphatic carbocycles. The van der Waals surface area contributed by atoms with E-state index in [1.807, 2.05) is 60.7 Å². The molecule has 0 aliphatic heterocycles. The van der Waals surface area contributed by atoms with Gasteiger partial charge in [0.1, 0.15) is 0 Å². The van der Waals surface area contributed by atoms with Gasteiger partial charge in [-0.2, -0.15) is 0 Å². The fourth-order valence-electron chi connectivity index (χ4n) is 2.35. The third-order valence-electron chi connectivity index (χ3n) is 3.75. The van der Waals surface area contributed by atoms with Gasteiger partial charge in [0.25, 0.3) is 5.91 Å². The highest BCUT2D eigenvalue weighted by Crippen LogP contribution is 2.14. The number of carbonyl (C=O) groups excluding carboxylic acids is 1. The van der Waals surface area contributed by atoms with E-state index in [2.05, 4.69) is 0 Å². The maximum atomic E-state index is 12.5. The van der Waals surface area contributed by atoms with Crippen molar-refractivity contribution in [2.24, 2.45) is 0 Å². The lowest BCUT2D eigenvalue weighted by Gasteiger charge is -2.26. The Kier molecular flexibility index (Phi) is 7.32. The van der Waals surface area contributed by atoms with Gasteiger partial charge >= 0.3 is 5.97 Å². The van der Waals surface area contributed by atoms with Gasteiger partial charge < -0.3 is 19.5 Å². The first-order valence-electron chi connectivity index (χ1n) is 8.24. The third kappa shape index (κ3) is 5.68. The number of ether oxygens (including phenoxy) is 2. The van der Waals surface area contributed by atoms with E-state index in [9.17, 15) is 14.7 Å². The lowest BCUT2D eigenvalue weighted by atomic mass is 10.1. The second-order valence-electron chi connectivity index (χ2n) is 6.01. The summed E-state index contributed by atoms with van der Waals surface area (Å²) in [6.45, 7) is 0.188. The third-order valence-corrected chi connectivity index (χ3v) is 3.75. The van der Waals surface area contributed by atoms with Crippen LogP contribution in [0.4, 0.5) is 0 Å². The van der Waals surface area contributed by atoms with Gasteiger partial charge in [-0.05, 0) is 11.1 Å². The van der Waals surface area contributed by atoms with Gasteiger partial charge in [-0.25, -0.2) is 4.79 Å². The van der Waals surface area contributed by atoms with Crippen LogP contribution in [0.1, 0.15) is 11.1 Å². The molecule has 2 atom stereocenters. The van der Waals surface area contributed by atoms with Crippen LogP contribution >= 0.6 is 0 Å². The molecule has 6 heteroatoms. The van der Waals surface area contributed by atoms with E-state index in [4.69, 9.17) is 9.47 Å². The molecule has 2 unspecified atom stereocenters. The van der Waals surface area contributed by atoms with Gasteiger partial charge in [0.2, 0.25) is 0 Å². The molecule has 0 saturated heterocycles. The molecule has 1 N–H and O–H groups in total. The minimum atomic E-state index is -1.41. The van der Waals surface area contributed by atoms with Crippen LogP contribution in [0.3, 0.4) is 0 Å². The Bertz CT molecular complexity index is 703. The summed E-state index contributed by atoms with van der Waals surface area (Å²) < 4.78 is 11.2. The maximum Gasteiger partial charge on any atom is 0.336 e. The highest BCUT2D eigenvalue weighted by molar-refractivity contribution is 5.87. The van der Waals surface area contributed by atoms with Gasteiger partial charge in [0.15, 0.2) is 12.2 Å². The first-order valence-corrected chi connectivity index (χ1v) is 8.24. The van der Waals surface area contributed by atoms with Crippen molar-refractivity contribution in [2.45, 2.75) is 25.4 Å². The summed E-state index contributed by atoms with van der Waals surface area (Å²) in [6, 6.07) is 18.4. The molecule has 0 heterocycles. The van der Waals surface area contributed by atoms with Crippen LogP contribution in [-0.2, 0) is 32.3 Å². The van der Waals surface area contributed by atoms with Crippen LogP contribution in [0.25, 0.3) is 0 Å². The van der Waals surface area contributed by atoms with Crippen LogP contribution in [0.5, 0.6) is 0 Å². The van der Waals surface area contributed by atoms with Crippen molar-refractivity contribution in [3.8, 4) is 0 Å². The largest absolute Gasteiger partial charge is 0.479 e. The minimum Gasteiger partial charge on any atom is -0.479 e. The Morgan fingerprint density at radius 1 is 0.846 bits per heavy atom. The summed E-state index contributed by atoms with van der Waals surface area (Å²) in [5.41, 5.74) is 1.66. The minimum absolute atomic E-state index is 0.0731. The van der Waals surface area contributed by atoms with Crippen LogP contribution in [-0.4, -0.2) is 48.2 Å². The van der Waals surface area contributed by atoms with Crippen molar-refractivity contribution in [3.05, 3.63) is 71.8 Å². The molecule has 0 aromatic heterocycles. The summed E-state index contributed by atoms with van der Waals surface area (Å²) in [5, 5.41) is 9.57. The van der Waals surface area contributed by atoms with Gasteiger partial charge in [0.05, 0.1) is 13.2 Å². The zero-order chi connectivity index (χ0) is 18.9. The lowest BCUT2D eigenvalue weighted by molar-refractivity contribution is -0.174. The smallest absolute Gasteiger partial charge is 0.336 e. The molecule has 138 valence electrons. The number of carboxylic acid groups (broad SMARTS) is 1. The Morgan fingerprint density at radius 3 is 1.65 bits per heavy atom. The first kappa shape index (κ1) is 19.6. The zero-order valence-electron chi connectivity index (χ0n) is 14.9. The lowest BCUT2D eigenvalue weighted by Crippen LogP contribution is -2.48. The highest BCUT2D eigenvalue weighted by Gasteiger charge is 2.36. The van der Waals surface area contributed by atoms with Crippen molar-refractivity contribution < 1.29 is 24.2 Å². The average molecular weight is 357 g/mol. The van der Waals surface area contributed by atoms with Crippen molar-refractivity contribution in [1.29, 1.82) is 0 Å². The number of benzene rings is 2. The Morgan fingerprint density at radius 2 is 1.27 bits per heavy atom. The topological polar surface area (TPSA) is 76.1 Å². The number of carboxylic acids is 1. The number of carbonyl (C=O) groups is 2. The molecule has 0 saturated carbocycles. The van der Waals surface area contributed by atoms with Gasteiger partial charge in [-0.3, -0.25) is 4.79 Å². The standard InChI is InChI=1S/C20H23NO5/c1-21(2)19(22)17(25-13-15-9-5-3-6-10-15)18(20(23)24)26-14-16-11-7-4-8-12-16/h3-12,17-18H,13-14H2,1-2H3,(H,23,24). The first-order chi connectivity index (χ1) is 12.5. The molecule has 0 bridgehead atoms. The van der Waals surface area contributed by atoms with E-state index in [1.54, 1.807) is 14.1 Å². The molecule has 0 aliphatic rings. The maximum absolute atomic E-state index is 12.5. The van der Waals surface area contributed by atoms with Gasteiger partial charge in [-0.15, -0.1) is 0 Å². The van der Waals surface area contributed by atoms with Crippen molar-refractivity contribution in [3.63, 3.8) is 0 Å². The molecule has 6 nitrogen and oxygen atoms in total.